The first-order valence-electron chi connectivity index (χ1n) is 4.93. The van der Waals surface area contributed by atoms with Crippen LogP contribution in [0.4, 0.5) is 17.1 Å². The van der Waals surface area contributed by atoms with Crippen molar-refractivity contribution in [3.63, 3.8) is 0 Å². The lowest BCUT2D eigenvalue weighted by Crippen LogP contribution is -1.94. The quantitative estimate of drug-likeness (QED) is 0.704. The Morgan fingerprint density at radius 3 is 1.78 bits per heavy atom. The highest BCUT2D eigenvalue weighted by molar-refractivity contribution is 6.40. The van der Waals surface area contributed by atoms with Crippen molar-refractivity contribution >= 4 is 63.5 Å². The van der Waals surface area contributed by atoms with Crippen molar-refractivity contribution in [2.45, 2.75) is 0 Å². The second-order valence-corrected chi connectivity index (χ2v) is 5.33. The van der Waals surface area contributed by atoms with Crippen LogP contribution >= 0.6 is 46.4 Å². The zero-order valence-corrected chi connectivity index (χ0v) is 12.0. The molecule has 0 aliphatic carbocycles. The highest BCUT2D eigenvalue weighted by Crippen LogP contribution is 2.36. The van der Waals surface area contributed by atoms with Gasteiger partial charge in [0.25, 0.3) is 0 Å². The average Bonchev–Trinajstić information content (AvgIpc) is 2.22. The average molecular weight is 322 g/mol. The molecule has 0 saturated heterocycles. The van der Waals surface area contributed by atoms with Gasteiger partial charge in [-0.3, -0.25) is 0 Å². The van der Waals surface area contributed by atoms with E-state index in [9.17, 15) is 0 Å². The molecule has 0 aromatic heterocycles. The highest BCUT2D eigenvalue weighted by atomic mass is 35.5. The second-order valence-electron chi connectivity index (χ2n) is 3.64. The number of benzene rings is 2. The summed E-state index contributed by atoms with van der Waals surface area (Å²) < 4.78 is 0. The molecule has 0 atom stereocenters. The van der Waals surface area contributed by atoms with Gasteiger partial charge in [-0.2, -0.15) is 0 Å². The van der Waals surface area contributed by atoms with Gasteiger partial charge in [0, 0.05) is 21.4 Å². The smallest absolute Gasteiger partial charge is 0.0764 e. The van der Waals surface area contributed by atoms with E-state index >= 15 is 0 Å². The summed E-state index contributed by atoms with van der Waals surface area (Å²) in [5.74, 6) is 0. The summed E-state index contributed by atoms with van der Waals surface area (Å²) in [6.07, 6.45) is 0. The fourth-order valence-corrected chi connectivity index (χ4v) is 2.61. The van der Waals surface area contributed by atoms with E-state index in [1.165, 1.54) is 0 Å². The van der Waals surface area contributed by atoms with Gasteiger partial charge in [0.05, 0.1) is 15.7 Å². The second kappa shape index (κ2) is 5.45. The normalized spacial score (nSPS) is 10.4. The van der Waals surface area contributed by atoms with Crippen molar-refractivity contribution in [2.75, 3.05) is 11.1 Å². The number of anilines is 3. The van der Waals surface area contributed by atoms with Crippen LogP contribution in [-0.4, -0.2) is 0 Å². The molecular weight excluding hydrogens is 314 g/mol. The van der Waals surface area contributed by atoms with Crippen LogP contribution in [0.15, 0.2) is 30.3 Å². The molecule has 0 unspecified atom stereocenters. The van der Waals surface area contributed by atoms with Crippen LogP contribution in [0.3, 0.4) is 0 Å². The molecule has 0 radical (unpaired) electrons. The Labute approximate surface area is 125 Å². The molecule has 0 amide bonds. The molecule has 0 aliphatic rings. The van der Waals surface area contributed by atoms with Crippen LogP contribution in [0.5, 0.6) is 0 Å². The Balaban J connectivity index is 2.40. The van der Waals surface area contributed by atoms with Crippen LogP contribution < -0.4 is 11.1 Å². The van der Waals surface area contributed by atoms with Crippen molar-refractivity contribution in [1.29, 1.82) is 0 Å². The molecule has 2 nitrogen and oxygen atoms in total. The highest BCUT2D eigenvalue weighted by Gasteiger charge is 2.08. The third kappa shape index (κ3) is 3.15. The molecule has 0 aliphatic heterocycles. The Morgan fingerprint density at radius 1 is 0.778 bits per heavy atom. The monoisotopic (exact) mass is 320 g/mol. The van der Waals surface area contributed by atoms with Crippen molar-refractivity contribution in [1.82, 2.24) is 0 Å². The van der Waals surface area contributed by atoms with Gasteiger partial charge < -0.3 is 11.1 Å². The van der Waals surface area contributed by atoms with Crippen molar-refractivity contribution in [3.8, 4) is 0 Å². The lowest BCUT2D eigenvalue weighted by Gasteiger charge is -2.12. The Hall–Kier alpha value is -0.800. The molecule has 0 heterocycles. The van der Waals surface area contributed by atoms with Gasteiger partial charge in [0.2, 0.25) is 0 Å². The fourth-order valence-electron chi connectivity index (χ4n) is 1.48. The van der Waals surface area contributed by atoms with Gasteiger partial charge in [0.15, 0.2) is 0 Å². The van der Waals surface area contributed by atoms with Crippen LogP contribution in [0, 0.1) is 0 Å². The summed E-state index contributed by atoms with van der Waals surface area (Å²) in [5.41, 5.74) is 7.39. The maximum Gasteiger partial charge on any atom is 0.0764 e. The van der Waals surface area contributed by atoms with Gasteiger partial charge in [-0.05, 0) is 30.3 Å². The summed E-state index contributed by atoms with van der Waals surface area (Å²) in [7, 11) is 0. The summed E-state index contributed by atoms with van der Waals surface area (Å²) in [4.78, 5) is 0. The number of hydrogen-bond acceptors (Lipinski definition) is 2. The number of halogens is 4. The molecule has 18 heavy (non-hydrogen) atoms. The molecule has 2 rings (SSSR count). The Kier molecular flexibility index (Phi) is 4.13. The molecule has 0 spiro atoms. The van der Waals surface area contributed by atoms with E-state index in [4.69, 9.17) is 52.1 Å². The standard InChI is InChI=1S/C12H8Cl4N2/c13-6-1-7(14)3-9(2-6)18-12-10(15)4-8(17)5-11(12)16/h1-5,18H,17H2. The molecule has 0 fully saturated rings. The van der Waals surface area contributed by atoms with E-state index in [1.807, 2.05) is 0 Å². The van der Waals surface area contributed by atoms with Crippen LogP contribution in [0.2, 0.25) is 20.1 Å². The summed E-state index contributed by atoms with van der Waals surface area (Å²) in [6, 6.07) is 8.30. The van der Waals surface area contributed by atoms with Crippen LogP contribution in [0.25, 0.3) is 0 Å². The maximum absolute atomic E-state index is 6.07. The summed E-state index contributed by atoms with van der Waals surface area (Å²) in [6.45, 7) is 0. The van der Waals surface area contributed by atoms with Crippen molar-refractivity contribution < 1.29 is 0 Å². The summed E-state index contributed by atoms with van der Waals surface area (Å²) in [5, 5.41) is 4.96. The van der Waals surface area contributed by atoms with Gasteiger partial charge >= 0.3 is 0 Å². The number of nitrogens with two attached hydrogens (primary N) is 1. The van der Waals surface area contributed by atoms with Crippen molar-refractivity contribution in [2.24, 2.45) is 0 Å². The lowest BCUT2D eigenvalue weighted by molar-refractivity contribution is 1.55. The fraction of sp³-hybridized carbons (Fsp3) is 0. The molecule has 94 valence electrons. The Morgan fingerprint density at radius 2 is 1.28 bits per heavy atom. The summed E-state index contributed by atoms with van der Waals surface area (Å²) >= 11 is 24.0. The molecule has 3 N–H and O–H groups in total. The SMILES string of the molecule is Nc1cc(Cl)c(Nc2cc(Cl)cc(Cl)c2)c(Cl)c1. The number of nitrogens with one attached hydrogen (secondary N) is 1. The molecule has 2 aromatic rings. The Bertz CT molecular complexity index is 555. The first-order chi connectivity index (χ1) is 8.45. The lowest BCUT2D eigenvalue weighted by atomic mass is 10.2. The maximum atomic E-state index is 6.07. The van der Waals surface area contributed by atoms with E-state index in [1.54, 1.807) is 30.3 Å². The van der Waals surface area contributed by atoms with Gasteiger partial charge in [-0.1, -0.05) is 46.4 Å². The third-order valence-corrected chi connectivity index (χ3v) is 3.23. The first kappa shape index (κ1) is 13.6. The topological polar surface area (TPSA) is 38.0 Å². The van der Waals surface area contributed by atoms with E-state index in [-0.39, 0.29) is 0 Å². The van der Waals surface area contributed by atoms with Crippen molar-refractivity contribution in [3.05, 3.63) is 50.4 Å². The molecule has 0 saturated carbocycles. The van der Waals surface area contributed by atoms with Crippen LogP contribution in [0.1, 0.15) is 0 Å². The predicted molar refractivity (Wildman–Crippen MR) is 80.6 cm³/mol. The number of nitrogen functional groups attached to an aromatic ring is 1. The number of hydrogen-bond donors (Lipinski definition) is 2. The van der Waals surface area contributed by atoms with Gasteiger partial charge in [-0.15, -0.1) is 0 Å². The van der Waals surface area contributed by atoms with E-state index in [2.05, 4.69) is 5.32 Å². The first-order valence-corrected chi connectivity index (χ1v) is 6.44. The minimum atomic E-state index is 0.427. The molecule has 6 heteroatoms. The number of rotatable bonds is 2. The van der Waals surface area contributed by atoms with E-state index < -0.39 is 0 Å². The minimum Gasteiger partial charge on any atom is -0.399 e. The molecule has 0 bridgehead atoms. The third-order valence-electron chi connectivity index (χ3n) is 2.20. The molecule has 2 aromatic carbocycles. The van der Waals surface area contributed by atoms with E-state index in [0.717, 1.165) is 0 Å². The predicted octanol–water partition coefficient (Wildman–Crippen LogP) is 5.63. The zero-order chi connectivity index (χ0) is 13.3. The zero-order valence-electron chi connectivity index (χ0n) is 8.98. The largest absolute Gasteiger partial charge is 0.399 e. The van der Waals surface area contributed by atoms with Crippen LogP contribution in [-0.2, 0) is 0 Å². The van der Waals surface area contributed by atoms with Gasteiger partial charge in [-0.25, -0.2) is 0 Å². The molecular formula is C12H8Cl4N2. The van der Waals surface area contributed by atoms with E-state index in [0.29, 0.717) is 37.2 Å². The minimum absolute atomic E-state index is 0.427. The van der Waals surface area contributed by atoms with Gasteiger partial charge in [0.1, 0.15) is 0 Å².